The third-order valence-corrected chi connectivity index (χ3v) is 5.16. The Hall–Kier alpha value is -2.19. The van der Waals surface area contributed by atoms with Gasteiger partial charge in [-0.2, -0.15) is 5.26 Å². The van der Waals surface area contributed by atoms with Crippen LogP contribution in [0, 0.1) is 23.1 Å². The minimum Gasteiger partial charge on any atom is -0.312 e. The molecule has 3 rings (SSSR count). The Morgan fingerprint density at radius 2 is 2.14 bits per heavy atom. The van der Waals surface area contributed by atoms with E-state index in [0.29, 0.717) is 22.0 Å². The molecule has 2 aromatic rings. The number of hydrogen-bond acceptors (Lipinski definition) is 3. The SMILES string of the molecule is CC1CCc2sc(NC(=O)c3ccc(F)cc3)c(C#N)c2C1. The van der Waals surface area contributed by atoms with Crippen LogP contribution in [0.1, 0.15) is 39.7 Å². The second-order valence-corrected chi connectivity index (χ2v) is 6.73. The smallest absolute Gasteiger partial charge is 0.256 e. The second kappa shape index (κ2) is 5.90. The van der Waals surface area contributed by atoms with Crippen molar-refractivity contribution in [1.29, 1.82) is 5.26 Å². The Balaban J connectivity index is 1.88. The fraction of sp³-hybridized carbons (Fsp3) is 0.294. The van der Waals surface area contributed by atoms with Crippen molar-refractivity contribution in [1.82, 2.24) is 0 Å². The fourth-order valence-corrected chi connectivity index (χ4v) is 3.93. The van der Waals surface area contributed by atoms with Crippen LogP contribution in [0.4, 0.5) is 9.39 Å². The molecule has 3 nitrogen and oxygen atoms in total. The molecule has 1 amide bonds. The Morgan fingerprint density at radius 3 is 2.82 bits per heavy atom. The molecule has 1 unspecified atom stereocenters. The molecule has 0 radical (unpaired) electrons. The number of amides is 1. The summed E-state index contributed by atoms with van der Waals surface area (Å²) in [4.78, 5) is 13.4. The first-order valence-corrected chi connectivity index (χ1v) is 8.01. The number of carbonyl (C=O) groups excluding carboxylic acids is 1. The van der Waals surface area contributed by atoms with Crippen LogP contribution in [0.5, 0.6) is 0 Å². The Kier molecular flexibility index (Phi) is 3.95. The molecule has 0 saturated carbocycles. The summed E-state index contributed by atoms with van der Waals surface area (Å²) in [6, 6.07) is 7.60. The number of carbonyl (C=O) groups is 1. The van der Waals surface area contributed by atoms with Crippen molar-refractivity contribution < 1.29 is 9.18 Å². The van der Waals surface area contributed by atoms with Gasteiger partial charge < -0.3 is 5.32 Å². The summed E-state index contributed by atoms with van der Waals surface area (Å²) in [5.41, 5.74) is 2.05. The molecule has 22 heavy (non-hydrogen) atoms. The highest BCUT2D eigenvalue weighted by Crippen LogP contribution is 2.39. The molecule has 1 aromatic carbocycles. The highest BCUT2D eigenvalue weighted by molar-refractivity contribution is 7.16. The number of rotatable bonds is 2. The van der Waals surface area contributed by atoms with Crippen molar-refractivity contribution in [3.05, 3.63) is 51.7 Å². The maximum atomic E-state index is 12.9. The van der Waals surface area contributed by atoms with E-state index in [2.05, 4.69) is 18.3 Å². The van der Waals surface area contributed by atoms with Gasteiger partial charge in [-0.05, 0) is 55.0 Å². The lowest BCUT2D eigenvalue weighted by Crippen LogP contribution is -2.12. The number of aryl methyl sites for hydroxylation is 1. The minimum atomic E-state index is -0.380. The number of nitrogens with zero attached hydrogens (tertiary/aromatic N) is 1. The van der Waals surface area contributed by atoms with Gasteiger partial charge in [0.1, 0.15) is 16.9 Å². The lowest BCUT2D eigenvalue weighted by molar-refractivity contribution is 0.102. The molecule has 0 aliphatic heterocycles. The molecule has 1 aliphatic rings. The number of hydrogen-bond donors (Lipinski definition) is 1. The van der Waals surface area contributed by atoms with E-state index in [-0.39, 0.29) is 11.7 Å². The first-order valence-electron chi connectivity index (χ1n) is 7.20. The Bertz CT molecular complexity index is 758. The number of halogens is 1. The largest absolute Gasteiger partial charge is 0.312 e. The van der Waals surface area contributed by atoms with E-state index < -0.39 is 0 Å². The lowest BCUT2D eigenvalue weighted by Gasteiger charge is -2.17. The predicted molar refractivity (Wildman–Crippen MR) is 84.6 cm³/mol. The molecular weight excluding hydrogens is 299 g/mol. The van der Waals surface area contributed by atoms with Crippen LogP contribution in [0.25, 0.3) is 0 Å². The molecule has 1 N–H and O–H groups in total. The van der Waals surface area contributed by atoms with Gasteiger partial charge in [0.25, 0.3) is 5.91 Å². The third kappa shape index (κ3) is 2.75. The zero-order valence-electron chi connectivity index (χ0n) is 12.1. The van der Waals surface area contributed by atoms with Gasteiger partial charge in [-0.1, -0.05) is 6.92 Å². The summed E-state index contributed by atoms with van der Waals surface area (Å²) in [6.45, 7) is 2.18. The summed E-state index contributed by atoms with van der Waals surface area (Å²) in [5.74, 6) is -0.132. The Labute approximate surface area is 132 Å². The quantitative estimate of drug-likeness (QED) is 0.906. The van der Waals surface area contributed by atoms with Crippen LogP contribution in [-0.2, 0) is 12.8 Å². The first kappa shape index (κ1) is 14.7. The van der Waals surface area contributed by atoms with Gasteiger partial charge in [-0.3, -0.25) is 4.79 Å². The van der Waals surface area contributed by atoms with Gasteiger partial charge >= 0.3 is 0 Å². The Morgan fingerprint density at radius 1 is 1.41 bits per heavy atom. The molecule has 112 valence electrons. The van der Waals surface area contributed by atoms with Crippen LogP contribution in [0.2, 0.25) is 0 Å². The van der Waals surface area contributed by atoms with Crippen molar-refractivity contribution in [3.63, 3.8) is 0 Å². The highest BCUT2D eigenvalue weighted by Gasteiger charge is 2.24. The van der Waals surface area contributed by atoms with Crippen molar-refractivity contribution in [2.45, 2.75) is 26.2 Å². The maximum Gasteiger partial charge on any atom is 0.256 e. The van der Waals surface area contributed by atoms with E-state index in [9.17, 15) is 14.4 Å². The average molecular weight is 314 g/mol. The number of thiophene rings is 1. The third-order valence-electron chi connectivity index (χ3n) is 3.95. The highest BCUT2D eigenvalue weighted by atomic mass is 32.1. The topological polar surface area (TPSA) is 52.9 Å². The summed E-state index contributed by atoms with van der Waals surface area (Å²) in [5, 5.41) is 12.8. The number of benzene rings is 1. The molecule has 5 heteroatoms. The van der Waals surface area contributed by atoms with Gasteiger partial charge in [-0.25, -0.2) is 4.39 Å². The van der Waals surface area contributed by atoms with E-state index in [4.69, 9.17) is 0 Å². The summed E-state index contributed by atoms with van der Waals surface area (Å²) in [7, 11) is 0. The van der Waals surface area contributed by atoms with Crippen LogP contribution < -0.4 is 5.32 Å². The van der Waals surface area contributed by atoms with E-state index in [0.717, 1.165) is 24.8 Å². The van der Waals surface area contributed by atoms with E-state index >= 15 is 0 Å². The first-order chi connectivity index (χ1) is 10.6. The van der Waals surface area contributed by atoms with Crippen molar-refractivity contribution in [2.24, 2.45) is 5.92 Å². The minimum absolute atomic E-state index is 0.317. The molecule has 1 aromatic heterocycles. The fourth-order valence-electron chi connectivity index (χ4n) is 2.74. The number of fused-ring (bicyclic) bond motifs is 1. The van der Waals surface area contributed by atoms with Gasteiger partial charge in [0, 0.05) is 10.4 Å². The van der Waals surface area contributed by atoms with Crippen LogP contribution >= 0.6 is 11.3 Å². The summed E-state index contributed by atoms with van der Waals surface area (Å²) in [6.07, 6.45) is 2.97. The van der Waals surface area contributed by atoms with E-state index in [1.807, 2.05) is 0 Å². The number of nitriles is 1. The average Bonchev–Trinajstić information content (AvgIpc) is 2.84. The second-order valence-electron chi connectivity index (χ2n) is 5.63. The lowest BCUT2D eigenvalue weighted by atomic mass is 9.88. The van der Waals surface area contributed by atoms with E-state index in [1.165, 1.54) is 40.5 Å². The van der Waals surface area contributed by atoms with Crippen LogP contribution in [-0.4, -0.2) is 5.91 Å². The molecule has 0 fully saturated rings. The molecule has 0 spiro atoms. The molecule has 0 bridgehead atoms. The van der Waals surface area contributed by atoms with E-state index in [1.54, 1.807) is 0 Å². The van der Waals surface area contributed by atoms with Crippen LogP contribution in [0.3, 0.4) is 0 Å². The summed E-state index contributed by atoms with van der Waals surface area (Å²) < 4.78 is 12.9. The predicted octanol–water partition coefficient (Wildman–Crippen LogP) is 4.14. The standard InChI is InChI=1S/C17H15FN2OS/c1-10-2-7-15-13(8-10)14(9-19)17(22-15)20-16(21)11-3-5-12(18)6-4-11/h3-6,10H,2,7-8H2,1H3,(H,20,21). The zero-order valence-corrected chi connectivity index (χ0v) is 13.0. The van der Waals surface area contributed by atoms with Crippen molar-refractivity contribution in [2.75, 3.05) is 5.32 Å². The molecular formula is C17H15FN2OS. The molecule has 1 atom stereocenters. The van der Waals surface area contributed by atoms with Crippen molar-refractivity contribution in [3.8, 4) is 6.07 Å². The van der Waals surface area contributed by atoms with Crippen LogP contribution in [0.15, 0.2) is 24.3 Å². The number of anilines is 1. The number of nitrogens with one attached hydrogen (secondary N) is 1. The van der Waals surface area contributed by atoms with Gasteiger partial charge in [0.2, 0.25) is 0 Å². The molecule has 1 heterocycles. The molecule has 0 saturated heterocycles. The van der Waals surface area contributed by atoms with Gasteiger partial charge in [-0.15, -0.1) is 11.3 Å². The maximum absolute atomic E-state index is 12.9. The van der Waals surface area contributed by atoms with Crippen molar-refractivity contribution >= 4 is 22.2 Å². The zero-order chi connectivity index (χ0) is 15.7. The van der Waals surface area contributed by atoms with Gasteiger partial charge in [0.05, 0.1) is 5.56 Å². The van der Waals surface area contributed by atoms with Gasteiger partial charge in [0.15, 0.2) is 0 Å². The molecule has 1 aliphatic carbocycles. The monoisotopic (exact) mass is 314 g/mol. The normalized spacial score (nSPS) is 16.7. The summed E-state index contributed by atoms with van der Waals surface area (Å²) >= 11 is 1.49.